The molecule has 0 spiro atoms. The quantitative estimate of drug-likeness (QED) is 0.439. The van der Waals surface area contributed by atoms with Crippen LogP contribution in [0.4, 0.5) is 0 Å². The summed E-state index contributed by atoms with van der Waals surface area (Å²) in [5.74, 6) is 0. The maximum atomic E-state index is 0. The molecule has 0 heterocycles. The smallest absolute Gasteiger partial charge is 0.0149 e. The van der Waals surface area contributed by atoms with Gasteiger partial charge >= 0.3 is 0 Å². The van der Waals surface area contributed by atoms with Gasteiger partial charge in [0.1, 0.15) is 0 Å². The van der Waals surface area contributed by atoms with Crippen molar-refractivity contribution in [3.8, 4) is 0 Å². The Hall–Kier alpha value is 2.26. The normalized spacial score (nSPS) is 0. The Morgan fingerprint density at radius 3 is 0.600 bits per heavy atom. The molecule has 0 fully saturated rings. The highest BCUT2D eigenvalue weighted by molar-refractivity contribution is 14.0. The van der Waals surface area contributed by atoms with E-state index in [1.807, 2.05) is 0 Å². The molecule has 0 saturated heterocycles. The van der Waals surface area contributed by atoms with Crippen LogP contribution in [0.25, 0.3) is 0 Å². The van der Waals surface area contributed by atoms with Gasteiger partial charge in [0.05, 0.1) is 0 Å². The van der Waals surface area contributed by atoms with Crippen LogP contribution in [-0.2, 0) is 0 Å². The highest BCUT2D eigenvalue weighted by atomic mass is 127. The van der Waals surface area contributed by atoms with Crippen LogP contribution in [0, 0.1) is 0 Å². The zero-order valence-corrected chi connectivity index (χ0v) is 7.93. The maximum Gasteiger partial charge on any atom is -0.0149 e. The van der Waals surface area contributed by atoms with Crippen LogP contribution >= 0.6 is 72.8 Å². The summed E-state index contributed by atoms with van der Waals surface area (Å²) in [6.07, 6.45) is 0. The number of halogens is 4. The van der Waals surface area contributed by atoms with Crippen LogP contribution in [0.15, 0.2) is 0 Å². The molecule has 0 N–H and O–H groups in total. The van der Waals surface area contributed by atoms with E-state index in [4.69, 9.17) is 0 Å². The maximum absolute atomic E-state index is 0. The molecule has 0 aliphatic heterocycles. The summed E-state index contributed by atoms with van der Waals surface area (Å²) in [4.78, 5) is 0. The number of hydrogen-bond acceptors (Lipinski definition) is 0. The lowest BCUT2D eigenvalue weighted by Crippen LogP contribution is -0.381. The predicted molar refractivity (Wildman–Crippen MR) is 56.7 cm³/mol. The van der Waals surface area contributed by atoms with Crippen LogP contribution in [0.5, 0.6) is 0 Å². The fourth-order valence-corrected chi connectivity index (χ4v) is 0. The second kappa shape index (κ2) is 33.9. The zero-order chi connectivity index (χ0) is 0. The van der Waals surface area contributed by atoms with Crippen LogP contribution in [0.1, 0.15) is 0 Å². The Bertz CT molecular complexity index is 7.61. The summed E-state index contributed by atoms with van der Waals surface area (Å²) in [6, 6.07) is 0. The summed E-state index contributed by atoms with van der Waals surface area (Å²) >= 11 is 0. The Morgan fingerprint density at radius 2 is 0.600 bits per heavy atom. The van der Waals surface area contributed by atoms with E-state index < -0.39 is 0 Å². The molecule has 5 heavy (non-hydrogen) atoms. The minimum absolute atomic E-state index is 0. The van der Waals surface area contributed by atoms with Gasteiger partial charge in [-0.2, -0.15) is 0 Å². The van der Waals surface area contributed by atoms with Crippen LogP contribution in [0.3, 0.4) is 0 Å². The largest absolute Gasteiger partial charge is 0.147 e. The molecule has 0 aromatic carbocycles. The van der Waals surface area contributed by atoms with Gasteiger partial charge in [-0.3, -0.25) is 0 Å². The van der Waals surface area contributed by atoms with Gasteiger partial charge < -0.3 is 0 Å². The molecule has 0 radical (unpaired) electrons. The minimum atomic E-state index is 0. The van der Waals surface area contributed by atoms with E-state index >= 15 is 0 Å². The van der Waals surface area contributed by atoms with Crippen LogP contribution in [-0.4, -0.2) is 11.0 Å². The molecule has 0 rings (SSSR count). The number of hydrogen-bond donors (Lipinski definition) is 0. The fourth-order valence-electron chi connectivity index (χ4n) is 0. The monoisotopic (exact) mass is 360 g/mol. The van der Waals surface area contributed by atoms with Crippen molar-refractivity contribution in [2.24, 2.45) is 0 Å². The molecule has 0 saturated carbocycles. The molecule has 0 unspecified atom stereocenters. The van der Waals surface area contributed by atoms with E-state index in [0.717, 1.165) is 0 Å². The summed E-state index contributed by atoms with van der Waals surface area (Å²) in [6.45, 7) is 0. The molecule has 40 valence electrons. The molecule has 0 aliphatic carbocycles. The van der Waals surface area contributed by atoms with Crippen molar-refractivity contribution in [2.75, 3.05) is 0 Å². The zero-order valence-electron chi connectivity index (χ0n) is 1.63. The average Bonchev–Trinajstić information content (AvgIpc) is 0. The molecule has 0 atom stereocenters. The van der Waals surface area contributed by atoms with Crippen molar-refractivity contribution in [2.45, 2.75) is 0 Å². The second-order valence-electron chi connectivity index (χ2n) is 0. The first kappa shape index (κ1) is 55.8. The van der Waals surface area contributed by atoms with Crippen molar-refractivity contribution in [3.05, 3.63) is 0 Å². The van der Waals surface area contributed by atoms with Crippen molar-refractivity contribution in [1.29, 1.82) is 0 Å². The Kier molecular flexibility index (Phi) is 379. The van der Waals surface area contributed by atoms with Crippen LogP contribution in [0.2, 0.25) is 0 Å². The molecular formula is H8Cl2I2Si. The van der Waals surface area contributed by atoms with Gasteiger partial charge in [0.2, 0.25) is 0 Å². The van der Waals surface area contributed by atoms with Crippen molar-refractivity contribution in [3.63, 3.8) is 0 Å². The summed E-state index contributed by atoms with van der Waals surface area (Å²) in [5.41, 5.74) is 0. The molecular weight excluding hydrogens is 353 g/mol. The Balaban J connectivity index is 0. The average molecular weight is 361 g/mol. The third-order valence-corrected chi connectivity index (χ3v) is 0. The first-order valence-corrected chi connectivity index (χ1v) is 0. The molecule has 0 aliphatic rings. The third kappa shape index (κ3) is 22.3. The van der Waals surface area contributed by atoms with Gasteiger partial charge in [-0.15, -0.1) is 72.8 Å². The molecule has 0 aromatic heterocycles. The highest BCUT2D eigenvalue weighted by Crippen LogP contribution is 0.887. The van der Waals surface area contributed by atoms with Gasteiger partial charge in [-0.05, 0) is 11.0 Å². The lowest BCUT2D eigenvalue weighted by atomic mass is 28.1. The first-order chi connectivity index (χ1) is 0. The van der Waals surface area contributed by atoms with Crippen molar-refractivity contribution in [1.82, 2.24) is 0 Å². The highest BCUT2D eigenvalue weighted by Gasteiger charge is -0.0148. The summed E-state index contributed by atoms with van der Waals surface area (Å²) in [5, 5.41) is 0. The topological polar surface area (TPSA) is 0 Å². The third-order valence-electron chi connectivity index (χ3n) is 0. The van der Waals surface area contributed by atoms with E-state index in [1.54, 1.807) is 0 Å². The Morgan fingerprint density at radius 1 is 0.600 bits per heavy atom. The first-order valence-electron chi connectivity index (χ1n) is 0. The van der Waals surface area contributed by atoms with Gasteiger partial charge in [-0.25, -0.2) is 0 Å². The van der Waals surface area contributed by atoms with E-state index in [0.29, 0.717) is 0 Å². The SMILES string of the molecule is Cl.Cl.I.I.[SiH4]. The van der Waals surface area contributed by atoms with E-state index in [1.165, 1.54) is 0 Å². The fraction of sp³-hybridized carbons (Fsp3) is 0. The van der Waals surface area contributed by atoms with Crippen molar-refractivity contribution >= 4 is 83.7 Å². The Labute approximate surface area is 82.7 Å². The van der Waals surface area contributed by atoms with E-state index in [2.05, 4.69) is 0 Å². The van der Waals surface area contributed by atoms with Gasteiger partial charge in [-0.1, -0.05) is 0 Å². The van der Waals surface area contributed by atoms with Gasteiger partial charge in [0.25, 0.3) is 0 Å². The van der Waals surface area contributed by atoms with Gasteiger partial charge in [0.15, 0.2) is 0 Å². The molecule has 0 amide bonds. The van der Waals surface area contributed by atoms with Gasteiger partial charge in [0, 0.05) is 0 Å². The van der Waals surface area contributed by atoms with Crippen molar-refractivity contribution < 1.29 is 0 Å². The summed E-state index contributed by atoms with van der Waals surface area (Å²) < 4.78 is 0. The molecule has 0 bridgehead atoms. The second-order valence-corrected chi connectivity index (χ2v) is 0. The molecule has 0 nitrogen and oxygen atoms in total. The van der Waals surface area contributed by atoms with Crippen LogP contribution < -0.4 is 0 Å². The molecule has 5 heteroatoms. The minimum Gasteiger partial charge on any atom is -0.147 e. The van der Waals surface area contributed by atoms with E-state index in [9.17, 15) is 0 Å². The molecule has 0 aromatic rings. The van der Waals surface area contributed by atoms with E-state index in [-0.39, 0.29) is 83.7 Å². The predicted octanol–water partition coefficient (Wildman–Crippen LogP) is 0.628. The standard InChI is InChI=1S/2ClH.2HI.H4Si/h4*1H;1H4. The lowest BCUT2D eigenvalue weighted by Gasteiger charge is -0.148. The summed E-state index contributed by atoms with van der Waals surface area (Å²) in [7, 11) is 0. The number of rotatable bonds is 0. The lowest BCUT2D eigenvalue weighted by molar-refractivity contribution is 5.75.